The first-order chi connectivity index (χ1) is 9.34. The van der Waals surface area contributed by atoms with Crippen molar-refractivity contribution in [3.8, 4) is 0 Å². The van der Waals surface area contributed by atoms with Crippen LogP contribution in [0.5, 0.6) is 0 Å². The molecule has 114 valence electrons. The Labute approximate surface area is 123 Å². The summed E-state index contributed by atoms with van der Waals surface area (Å²) in [6.07, 6.45) is -1.66. The summed E-state index contributed by atoms with van der Waals surface area (Å²) in [5.41, 5.74) is 4.77. The molecule has 0 unspecified atom stereocenters. The molecule has 0 aliphatic rings. The molecule has 20 heavy (non-hydrogen) atoms. The number of thioether (sulfide) groups is 1. The lowest BCUT2D eigenvalue weighted by Gasteiger charge is -2.10. The van der Waals surface area contributed by atoms with Crippen LogP contribution in [0.15, 0.2) is 5.38 Å². The second-order valence-electron chi connectivity index (χ2n) is 4.05. The Balaban J connectivity index is 2.34. The van der Waals surface area contributed by atoms with E-state index in [0.717, 1.165) is 22.5 Å². The quantitative estimate of drug-likeness (QED) is 0.803. The molecule has 0 radical (unpaired) electrons. The Morgan fingerprint density at radius 3 is 2.85 bits per heavy atom. The van der Waals surface area contributed by atoms with Crippen molar-refractivity contribution >= 4 is 29.0 Å². The van der Waals surface area contributed by atoms with Crippen LogP contribution < -0.4 is 11.1 Å². The minimum Gasteiger partial charge on any atom is -0.354 e. The Bertz CT molecular complexity index is 437. The monoisotopic (exact) mass is 327 g/mol. The number of halogens is 3. The van der Waals surface area contributed by atoms with Crippen LogP contribution >= 0.6 is 23.1 Å². The van der Waals surface area contributed by atoms with Crippen LogP contribution in [0.3, 0.4) is 0 Å². The zero-order valence-corrected chi connectivity index (χ0v) is 12.5. The van der Waals surface area contributed by atoms with Crippen molar-refractivity contribution in [2.24, 2.45) is 5.73 Å². The number of aromatic nitrogens is 1. The highest BCUT2D eigenvalue weighted by Gasteiger charge is 2.33. The van der Waals surface area contributed by atoms with Crippen molar-refractivity contribution in [2.75, 3.05) is 18.6 Å². The molecule has 0 bridgehead atoms. The second kappa shape index (κ2) is 7.84. The van der Waals surface area contributed by atoms with E-state index in [4.69, 9.17) is 5.73 Å². The Morgan fingerprint density at radius 2 is 2.30 bits per heavy atom. The predicted molar refractivity (Wildman–Crippen MR) is 74.8 cm³/mol. The number of hydrogen-bond donors (Lipinski definition) is 2. The molecule has 0 saturated carbocycles. The lowest BCUT2D eigenvalue weighted by molar-refractivity contribution is -0.140. The topological polar surface area (TPSA) is 68.0 Å². The number of carbonyl (C=O) groups is 1. The fourth-order valence-corrected chi connectivity index (χ4v) is 2.65. The molecule has 0 aromatic carbocycles. The van der Waals surface area contributed by atoms with Crippen molar-refractivity contribution in [1.82, 2.24) is 10.3 Å². The molecule has 3 N–H and O–H groups in total. The number of nitrogens with two attached hydrogens (primary N) is 1. The third kappa shape index (κ3) is 5.68. The van der Waals surface area contributed by atoms with E-state index in [1.807, 2.05) is 6.26 Å². The Morgan fingerprint density at radius 1 is 1.60 bits per heavy atom. The van der Waals surface area contributed by atoms with Gasteiger partial charge < -0.3 is 11.1 Å². The molecule has 1 amide bonds. The van der Waals surface area contributed by atoms with Gasteiger partial charge in [0.2, 0.25) is 5.91 Å². The number of hydrogen-bond acceptors (Lipinski definition) is 5. The molecule has 0 saturated heterocycles. The van der Waals surface area contributed by atoms with Crippen LogP contribution in [0.4, 0.5) is 13.2 Å². The highest BCUT2D eigenvalue weighted by Crippen LogP contribution is 2.29. The van der Waals surface area contributed by atoms with Gasteiger partial charge in [-0.2, -0.15) is 24.9 Å². The number of rotatable bonds is 7. The van der Waals surface area contributed by atoms with Crippen molar-refractivity contribution in [1.29, 1.82) is 0 Å². The van der Waals surface area contributed by atoms with Crippen LogP contribution in [0, 0.1) is 0 Å². The van der Waals surface area contributed by atoms with Crippen molar-refractivity contribution in [2.45, 2.75) is 25.1 Å². The van der Waals surface area contributed by atoms with Crippen LogP contribution in [0.25, 0.3) is 0 Å². The Hall–Kier alpha value is -0.800. The second-order valence-corrected chi connectivity index (χ2v) is 5.98. The summed E-state index contributed by atoms with van der Waals surface area (Å²) in [6, 6.07) is -0.579. The summed E-state index contributed by atoms with van der Waals surface area (Å²) >= 11 is 2.53. The van der Waals surface area contributed by atoms with Gasteiger partial charge in [-0.05, 0) is 18.4 Å². The molecule has 0 fully saturated rings. The van der Waals surface area contributed by atoms with Gasteiger partial charge in [-0.25, -0.2) is 4.98 Å². The van der Waals surface area contributed by atoms with Crippen molar-refractivity contribution in [3.63, 3.8) is 0 Å². The molecule has 1 atom stereocenters. The van der Waals surface area contributed by atoms with Gasteiger partial charge in [-0.15, -0.1) is 11.3 Å². The van der Waals surface area contributed by atoms with Gasteiger partial charge in [0, 0.05) is 18.3 Å². The smallest absolute Gasteiger partial charge is 0.354 e. The Kier molecular flexibility index (Phi) is 6.77. The summed E-state index contributed by atoms with van der Waals surface area (Å²) in [6.45, 7) is 0.233. The first-order valence-electron chi connectivity index (χ1n) is 5.88. The molecule has 1 rings (SSSR count). The van der Waals surface area contributed by atoms with Crippen LogP contribution in [0.2, 0.25) is 0 Å². The molecular formula is C11H16F3N3OS2. The highest BCUT2D eigenvalue weighted by atomic mass is 32.2. The fraction of sp³-hybridized carbons (Fsp3) is 0.636. The normalized spacial score (nSPS) is 13.2. The SMILES string of the molecule is CSCC[C@H](N)C(=O)NCCc1nc(C(F)(F)F)cs1. The molecule has 1 aromatic rings. The van der Waals surface area contributed by atoms with E-state index in [2.05, 4.69) is 10.3 Å². The van der Waals surface area contributed by atoms with E-state index in [1.165, 1.54) is 0 Å². The number of alkyl halides is 3. The zero-order valence-electron chi connectivity index (χ0n) is 10.9. The first kappa shape index (κ1) is 17.3. The summed E-state index contributed by atoms with van der Waals surface area (Å²) in [7, 11) is 0. The standard InChI is InChI=1S/C11H16F3N3OS2/c1-19-5-3-7(15)10(18)16-4-2-9-17-8(6-20-9)11(12,13)14/h6-7H,2-5,15H2,1H3,(H,16,18)/t7-/m0/s1. The zero-order chi connectivity index (χ0) is 15.2. The molecular weight excluding hydrogens is 311 g/mol. The van der Waals surface area contributed by atoms with Gasteiger partial charge in [0.05, 0.1) is 11.0 Å². The molecule has 4 nitrogen and oxygen atoms in total. The minimum absolute atomic E-state index is 0.233. The molecule has 0 aliphatic heterocycles. The minimum atomic E-state index is -4.42. The molecule has 9 heteroatoms. The van der Waals surface area contributed by atoms with E-state index in [9.17, 15) is 18.0 Å². The van der Waals surface area contributed by atoms with E-state index in [-0.39, 0.29) is 18.9 Å². The summed E-state index contributed by atoms with van der Waals surface area (Å²) in [4.78, 5) is 15.0. The largest absolute Gasteiger partial charge is 0.434 e. The lowest BCUT2D eigenvalue weighted by atomic mass is 10.2. The summed E-state index contributed by atoms with van der Waals surface area (Å²) in [5, 5.41) is 3.92. The molecule has 1 aromatic heterocycles. The maximum atomic E-state index is 12.3. The van der Waals surface area contributed by atoms with Gasteiger partial charge in [-0.3, -0.25) is 4.79 Å². The van der Waals surface area contributed by atoms with E-state index >= 15 is 0 Å². The van der Waals surface area contributed by atoms with Gasteiger partial charge in [0.15, 0.2) is 5.69 Å². The average Bonchev–Trinajstić information content (AvgIpc) is 2.84. The maximum Gasteiger partial charge on any atom is 0.434 e. The first-order valence-corrected chi connectivity index (χ1v) is 8.15. The van der Waals surface area contributed by atoms with Gasteiger partial charge in [0.1, 0.15) is 0 Å². The predicted octanol–water partition coefficient (Wildman–Crippen LogP) is 1.90. The molecule has 0 spiro atoms. The van der Waals surface area contributed by atoms with Crippen LogP contribution in [-0.4, -0.2) is 35.5 Å². The van der Waals surface area contributed by atoms with Gasteiger partial charge >= 0.3 is 6.18 Å². The van der Waals surface area contributed by atoms with E-state index in [0.29, 0.717) is 11.4 Å². The third-order valence-corrected chi connectivity index (χ3v) is 4.00. The maximum absolute atomic E-state index is 12.3. The third-order valence-electron chi connectivity index (χ3n) is 2.45. The average molecular weight is 327 g/mol. The van der Waals surface area contributed by atoms with Gasteiger partial charge in [0.25, 0.3) is 0 Å². The summed E-state index contributed by atoms with van der Waals surface area (Å²) in [5.74, 6) is 0.502. The van der Waals surface area contributed by atoms with Crippen molar-refractivity contribution < 1.29 is 18.0 Å². The number of thiazole rings is 1. The number of nitrogens with one attached hydrogen (secondary N) is 1. The highest BCUT2D eigenvalue weighted by molar-refractivity contribution is 7.98. The van der Waals surface area contributed by atoms with Crippen LogP contribution in [0.1, 0.15) is 17.1 Å². The fourth-order valence-electron chi connectivity index (χ4n) is 1.36. The van der Waals surface area contributed by atoms with E-state index < -0.39 is 17.9 Å². The molecule has 0 aliphatic carbocycles. The molecule has 1 heterocycles. The number of amides is 1. The number of carbonyl (C=O) groups excluding carboxylic acids is 1. The van der Waals surface area contributed by atoms with E-state index in [1.54, 1.807) is 11.8 Å². The van der Waals surface area contributed by atoms with Crippen molar-refractivity contribution in [3.05, 3.63) is 16.1 Å². The summed E-state index contributed by atoms with van der Waals surface area (Å²) < 4.78 is 37.0. The lowest BCUT2D eigenvalue weighted by Crippen LogP contribution is -2.41. The number of nitrogens with zero attached hydrogens (tertiary/aromatic N) is 1. The van der Waals surface area contributed by atoms with Gasteiger partial charge in [-0.1, -0.05) is 0 Å². The van der Waals surface area contributed by atoms with Crippen LogP contribution in [-0.2, 0) is 17.4 Å².